The summed E-state index contributed by atoms with van der Waals surface area (Å²) in [4.78, 5) is 17.9. The van der Waals surface area contributed by atoms with Crippen LogP contribution in [0.3, 0.4) is 0 Å². The fourth-order valence-corrected chi connectivity index (χ4v) is 6.77. The van der Waals surface area contributed by atoms with Crippen LogP contribution in [0.15, 0.2) is 56.8 Å². The average Bonchev–Trinajstić information content (AvgIpc) is 3.10. The first kappa shape index (κ1) is 21.4. The SMILES string of the molecule is CCn1c(=NC(=O)c2ccc(S(=O)(=O)N3CCCCC3)cc2)sc2cc(Br)ccc21. The van der Waals surface area contributed by atoms with E-state index < -0.39 is 10.0 Å². The summed E-state index contributed by atoms with van der Waals surface area (Å²) in [6.07, 6.45) is 2.84. The smallest absolute Gasteiger partial charge is 0.279 e. The van der Waals surface area contributed by atoms with Crippen LogP contribution in [0.1, 0.15) is 36.5 Å². The number of hydrogen-bond donors (Lipinski definition) is 0. The molecule has 9 heteroatoms. The standard InChI is InChI=1S/C21H22BrN3O3S2/c1-2-25-18-11-8-16(22)14-19(18)29-21(25)23-20(26)15-6-9-17(10-7-15)30(27,28)24-12-4-3-5-13-24/h6-11,14H,2-5,12-13H2,1H3. The summed E-state index contributed by atoms with van der Waals surface area (Å²) in [5.74, 6) is -0.384. The normalized spacial score (nSPS) is 16.3. The van der Waals surface area contributed by atoms with Gasteiger partial charge in [0.05, 0.1) is 15.1 Å². The molecule has 6 nitrogen and oxygen atoms in total. The lowest BCUT2D eigenvalue weighted by atomic mass is 10.2. The summed E-state index contributed by atoms with van der Waals surface area (Å²) >= 11 is 4.93. The minimum atomic E-state index is -3.51. The third-order valence-corrected chi connectivity index (χ3v) is 8.66. The molecule has 30 heavy (non-hydrogen) atoms. The largest absolute Gasteiger partial charge is 0.317 e. The van der Waals surface area contributed by atoms with E-state index in [2.05, 4.69) is 20.9 Å². The van der Waals surface area contributed by atoms with Gasteiger partial charge >= 0.3 is 0 Å². The molecule has 0 saturated carbocycles. The molecule has 1 aliphatic heterocycles. The van der Waals surface area contributed by atoms with Gasteiger partial charge in [0, 0.05) is 29.7 Å². The van der Waals surface area contributed by atoms with Crippen LogP contribution in [0.4, 0.5) is 0 Å². The highest BCUT2D eigenvalue weighted by Crippen LogP contribution is 2.23. The molecule has 0 N–H and O–H groups in total. The Balaban J connectivity index is 1.64. The van der Waals surface area contributed by atoms with Gasteiger partial charge in [-0.05, 0) is 62.2 Å². The fraction of sp³-hybridized carbons (Fsp3) is 0.333. The maximum absolute atomic E-state index is 12.8. The molecule has 0 bridgehead atoms. The number of hydrogen-bond acceptors (Lipinski definition) is 4. The molecule has 158 valence electrons. The highest BCUT2D eigenvalue weighted by molar-refractivity contribution is 9.10. The number of piperidine rings is 1. The molecule has 0 unspecified atom stereocenters. The number of sulfonamides is 1. The molecule has 4 rings (SSSR count). The van der Waals surface area contributed by atoms with Crippen molar-refractivity contribution in [3.8, 4) is 0 Å². The average molecular weight is 508 g/mol. The monoisotopic (exact) mass is 507 g/mol. The van der Waals surface area contributed by atoms with E-state index in [-0.39, 0.29) is 10.8 Å². The minimum absolute atomic E-state index is 0.219. The van der Waals surface area contributed by atoms with Crippen LogP contribution >= 0.6 is 27.3 Å². The minimum Gasteiger partial charge on any atom is -0.317 e. The molecule has 2 heterocycles. The van der Waals surface area contributed by atoms with E-state index in [4.69, 9.17) is 0 Å². The zero-order valence-electron chi connectivity index (χ0n) is 16.5. The number of nitrogens with zero attached hydrogens (tertiary/aromatic N) is 3. The first-order valence-corrected chi connectivity index (χ1v) is 12.9. The van der Waals surface area contributed by atoms with Gasteiger partial charge in [-0.15, -0.1) is 0 Å². The predicted molar refractivity (Wildman–Crippen MR) is 122 cm³/mol. The molecular weight excluding hydrogens is 486 g/mol. The Morgan fingerprint density at radius 3 is 2.47 bits per heavy atom. The molecule has 1 saturated heterocycles. The van der Waals surface area contributed by atoms with Crippen LogP contribution in [0, 0.1) is 0 Å². The van der Waals surface area contributed by atoms with E-state index in [0.29, 0.717) is 30.0 Å². The van der Waals surface area contributed by atoms with Crippen molar-refractivity contribution in [2.45, 2.75) is 37.6 Å². The number of carbonyl (C=O) groups is 1. The van der Waals surface area contributed by atoms with Crippen molar-refractivity contribution >= 4 is 53.4 Å². The first-order valence-electron chi connectivity index (χ1n) is 9.88. The Morgan fingerprint density at radius 2 is 1.80 bits per heavy atom. The van der Waals surface area contributed by atoms with E-state index >= 15 is 0 Å². The lowest BCUT2D eigenvalue weighted by Crippen LogP contribution is -2.35. The van der Waals surface area contributed by atoms with Crippen LogP contribution in [-0.2, 0) is 16.6 Å². The predicted octanol–water partition coefficient (Wildman–Crippen LogP) is 4.40. The third-order valence-electron chi connectivity index (χ3n) is 5.21. The number of fused-ring (bicyclic) bond motifs is 1. The van der Waals surface area contributed by atoms with Crippen LogP contribution < -0.4 is 4.80 Å². The topological polar surface area (TPSA) is 71.7 Å². The lowest BCUT2D eigenvalue weighted by molar-refractivity contribution is 0.0997. The number of aromatic nitrogens is 1. The molecule has 0 spiro atoms. The molecule has 2 aromatic carbocycles. The number of thiazole rings is 1. The summed E-state index contributed by atoms with van der Waals surface area (Å²) < 4.78 is 31.1. The maximum atomic E-state index is 12.8. The summed E-state index contributed by atoms with van der Waals surface area (Å²) in [7, 11) is -3.51. The van der Waals surface area contributed by atoms with Crippen molar-refractivity contribution in [1.82, 2.24) is 8.87 Å². The van der Waals surface area contributed by atoms with E-state index in [1.165, 1.54) is 27.8 Å². The van der Waals surface area contributed by atoms with E-state index in [9.17, 15) is 13.2 Å². The number of benzene rings is 2. The van der Waals surface area contributed by atoms with Gasteiger partial charge in [0.2, 0.25) is 10.0 Å². The highest BCUT2D eigenvalue weighted by Gasteiger charge is 2.25. The zero-order valence-corrected chi connectivity index (χ0v) is 19.8. The number of aryl methyl sites for hydroxylation is 1. The van der Waals surface area contributed by atoms with Crippen molar-refractivity contribution in [2.75, 3.05) is 13.1 Å². The summed E-state index contributed by atoms with van der Waals surface area (Å²) in [6, 6.07) is 12.1. The van der Waals surface area contributed by atoms with Crippen LogP contribution in [-0.4, -0.2) is 36.3 Å². The summed E-state index contributed by atoms with van der Waals surface area (Å²) in [6.45, 7) is 3.81. The highest BCUT2D eigenvalue weighted by atomic mass is 79.9. The molecule has 0 atom stereocenters. The Hall–Kier alpha value is -1.81. The Bertz CT molecular complexity index is 1250. The van der Waals surface area contributed by atoms with E-state index in [0.717, 1.165) is 34.0 Å². The molecule has 3 aromatic rings. The van der Waals surface area contributed by atoms with E-state index in [1.807, 2.05) is 29.7 Å². The Morgan fingerprint density at radius 1 is 1.10 bits per heavy atom. The Labute approximate surface area is 188 Å². The van der Waals surface area contributed by atoms with Crippen molar-refractivity contribution < 1.29 is 13.2 Å². The van der Waals surface area contributed by atoms with Crippen molar-refractivity contribution in [3.05, 3.63) is 57.3 Å². The second-order valence-electron chi connectivity index (χ2n) is 7.15. The molecule has 1 aromatic heterocycles. The van der Waals surface area contributed by atoms with Crippen molar-refractivity contribution in [2.24, 2.45) is 4.99 Å². The Kier molecular flexibility index (Phi) is 6.24. The lowest BCUT2D eigenvalue weighted by Gasteiger charge is -2.25. The molecule has 1 amide bonds. The zero-order chi connectivity index (χ0) is 21.3. The van der Waals surface area contributed by atoms with Gasteiger partial charge in [-0.3, -0.25) is 4.79 Å². The van der Waals surface area contributed by atoms with Crippen LogP contribution in [0.25, 0.3) is 10.2 Å². The molecule has 1 fully saturated rings. The van der Waals surface area contributed by atoms with Crippen molar-refractivity contribution in [3.63, 3.8) is 0 Å². The van der Waals surface area contributed by atoms with Crippen LogP contribution in [0.5, 0.6) is 0 Å². The maximum Gasteiger partial charge on any atom is 0.279 e. The van der Waals surface area contributed by atoms with Gasteiger partial charge in [0.1, 0.15) is 0 Å². The van der Waals surface area contributed by atoms with Gasteiger partial charge in [-0.25, -0.2) is 8.42 Å². The molecule has 0 radical (unpaired) electrons. The second kappa shape index (κ2) is 8.74. The quantitative estimate of drug-likeness (QED) is 0.525. The van der Waals surface area contributed by atoms with Gasteiger partial charge in [-0.1, -0.05) is 33.7 Å². The van der Waals surface area contributed by atoms with Gasteiger partial charge in [0.25, 0.3) is 5.91 Å². The molecule has 0 aliphatic carbocycles. The number of rotatable bonds is 4. The number of amides is 1. The fourth-order valence-electron chi connectivity index (χ4n) is 3.61. The summed E-state index contributed by atoms with van der Waals surface area (Å²) in [5.41, 5.74) is 1.40. The number of halogens is 1. The third kappa shape index (κ3) is 4.16. The number of carbonyl (C=O) groups excluding carboxylic acids is 1. The van der Waals surface area contributed by atoms with E-state index in [1.54, 1.807) is 12.1 Å². The summed E-state index contributed by atoms with van der Waals surface area (Å²) in [5, 5.41) is 0. The molecule has 1 aliphatic rings. The van der Waals surface area contributed by atoms with Crippen molar-refractivity contribution in [1.29, 1.82) is 0 Å². The first-order chi connectivity index (χ1) is 14.4. The second-order valence-corrected chi connectivity index (χ2v) is 11.0. The van der Waals surface area contributed by atoms with Crippen LogP contribution in [0.2, 0.25) is 0 Å². The van der Waals surface area contributed by atoms with Gasteiger partial charge in [-0.2, -0.15) is 9.30 Å². The van der Waals surface area contributed by atoms with Gasteiger partial charge < -0.3 is 4.57 Å². The van der Waals surface area contributed by atoms with Gasteiger partial charge in [0.15, 0.2) is 4.80 Å². The molecular formula is C21H22BrN3O3S2.